The first-order valence-corrected chi connectivity index (χ1v) is 13.0. The molecule has 0 spiro atoms. The van der Waals surface area contributed by atoms with Gasteiger partial charge >= 0.3 is 0 Å². The maximum absolute atomic E-state index is 12.3. The summed E-state index contributed by atoms with van der Waals surface area (Å²) in [6.07, 6.45) is 7.62. The maximum Gasteiger partial charge on any atom is 0.214 e. The largest absolute Gasteiger partial charge is 0.382 e. The number of pyridine rings is 1. The van der Waals surface area contributed by atoms with Gasteiger partial charge in [-0.1, -0.05) is 82.6 Å². The molecule has 0 saturated heterocycles. The van der Waals surface area contributed by atoms with Crippen molar-refractivity contribution in [2.75, 3.05) is 11.9 Å². The number of unbranched alkanes of at least 4 members (excludes halogenated alkanes) is 1. The number of allylic oxidation sites excluding steroid dienone is 1. The van der Waals surface area contributed by atoms with Crippen LogP contribution in [0.3, 0.4) is 0 Å². The molecule has 0 atom stereocenters. The fraction of sp³-hybridized carbons (Fsp3) is 0.323. The topological polar surface area (TPSA) is 101 Å². The molecule has 0 aliphatic heterocycles. The van der Waals surface area contributed by atoms with Crippen LogP contribution in [-0.4, -0.2) is 29.2 Å². The number of carbonyl (C=O) groups excluding carboxylic acids is 1. The van der Waals surface area contributed by atoms with Gasteiger partial charge in [0.1, 0.15) is 0 Å². The van der Waals surface area contributed by atoms with Crippen LogP contribution in [-0.2, 0) is 16.8 Å². The number of amides is 1. The molecule has 2 aromatic carbocycles. The molecule has 0 aliphatic carbocycles. The Balaban J connectivity index is 1.89. The van der Waals surface area contributed by atoms with Gasteiger partial charge in [-0.15, -0.1) is 0 Å². The van der Waals surface area contributed by atoms with Crippen molar-refractivity contribution in [2.24, 2.45) is 16.7 Å². The molecule has 0 fully saturated rings. The zero-order valence-corrected chi connectivity index (χ0v) is 23.2. The van der Waals surface area contributed by atoms with Crippen molar-refractivity contribution in [3.05, 3.63) is 95.4 Å². The van der Waals surface area contributed by atoms with Gasteiger partial charge < -0.3 is 21.4 Å². The highest BCUT2D eigenvalue weighted by molar-refractivity contribution is 6.02. The highest BCUT2D eigenvalue weighted by atomic mass is 16.1. The van der Waals surface area contributed by atoms with E-state index in [9.17, 15) is 4.79 Å². The van der Waals surface area contributed by atoms with E-state index in [2.05, 4.69) is 73.1 Å². The highest BCUT2D eigenvalue weighted by Gasteiger charge is 2.20. The lowest BCUT2D eigenvalue weighted by Gasteiger charge is -2.29. The third kappa shape index (κ3) is 7.00. The number of aromatic nitrogens is 1. The average molecular weight is 513 g/mol. The normalized spacial score (nSPS) is 12.3. The third-order valence-corrected chi connectivity index (χ3v) is 6.51. The summed E-state index contributed by atoms with van der Waals surface area (Å²) < 4.78 is 0. The van der Waals surface area contributed by atoms with Crippen LogP contribution < -0.4 is 16.5 Å². The van der Waals surface area contributed by atoms with Gasteiger partial charge in [0.25, 0.3) is 0 Å². The van der Waals surface area contributed by atoms with E-state index in [4.69, 9.17) is 11.6 Å². The fourth-order valence-electron chi connectivity index (χ4n) is 4.43. The number of rotatable bonds is 11. The van der Waals surface area contributed by atoms with Gasteiger partial charge in [-0.2, -0.15) is 5.10 Å². The quantitative estimate of drug-likeness (QED) is 0.112. The van der Waals surface area contributed by atoms with Crippen molar-refractivity contribution in [1.29, 1.82) is 0 Å². The Morgan fingerprint density at radius 3 is 2.39 bits per heavy atom. The first-order chi connectivity index (χ1) is 18.2. The van der Waals surface area contributed by atoms with Gasteiger partial charge in [0.05, 0.1) is 12.2 Å². The summed E-state index contributed by atoms with van der Waals surface area (Å²) >= 11 is 0. The van der Waals surface area contributed by atoms with Crippen LogP contribution >= 0.6 is 0 Å². The van der Waals surface area contributed by atoms with E-state index >= 15 is 0 Å². The van der Waals surface area contributed by atoms with E-state index in [1.165, 1.54) is 5.56 Å². The third-order valence-electron chi connectivity index (χ3n) is 6.51. The number of nitrogens with two attached hydrogens (primary N) is 2. The van der Waals surface area contributed by atoms with E-state index in [0.29, 0.717) is 6.54 Å². The van der Waals surface area contributed by atoms with Crippen LogP contribution in [0.4, 0.5) is 5.69 Å². The lowest BCUT2D eigenvalue weighted by molar-refractivity contribution is -0.117. The van der Waals surface area contributed by atoms with E-state index in [-0.39, 0.29) is 11.3 Å². The molecule has 4 N–H and O–H groups in total. The van der Waals surface area contributed by atoms with Gasteiger partial charge in [0, 0.05) is 42.0 Å². The molecule has 1 aromatic heterocycles. The highest BCUT2D eigenvalue weighted by Crippen LogP contribution is 2.32. The summed E-state index contributed by atoms with van der Waals surface area (Å²) in [4.78, 5) is 20.9. The van der Waals surface area contributed by atoms with Crippen molar-refractivity contribution in [2.45, 2.75) is 58.9 Å². The number of hydrogen-bond acceptors (Lipinski definition) is 5. The Kier molecular flexibility index (Phi) is 9.66. The fourth-order valence-corrected chi connectivity index (χ4v) is 4.43. The Bertz CT molecular complexity index is 1270. The predicted molar refractivity (Wildman–Crippen MR) is 157 cm³/mol. The lowest BCUT2D eigenvalue weighted by Crippen LogP contribution is -2.25. The molecule has 0 aliphatic rings. The van der Waals surface area contributed by atoms with Crippen LogP contribution in [0.15, 0.2) is 83.9 Å². The zero-order valence-electron chi connectivity index (χ0n) is 23.2. The standard InChI is InChI=1S/C31H40N6O/c1-6-7-12-24(21-36(5)29-16-11-10-15-27(29)31(2,3)4)37(22-38)20-23-17-18-28(34-19-23)25-13-8-9-14-26(25)30(32)35-33/h8-11,13-19,21-22H,6-7,12,20,33H2,1-5H3,(H2,32,35)/b24-21-. The second kappa shape index (κ2) is 12.9. The summed E-state index contributed by atoms with van der Waals surface area (Å²) in [6, 6.07) is 19.9. The maximum atomic E-state index is 12.3. The summed E-state index contributed by atoms with van der Waals surface area (Å²) in [6.45, 7) is 9.22. The zero-order chi connectivity index (χ0) is 27.7. The molecule has 0 saturated carbocycles. The van der Waals surface area contributed by atoms with Crippen LogP contribution in [0.25, 0.3) is 11.3 Å². The first-order valence-electron chi connectivity index (χ1n) is 13.0. The van der Waals surface area contributed by atoms with Gasteiger partial charge in [-0.3, -0.25) is 9.78 Å². The predicted octanol–water partition coefficient (Wildman–Crippen LogP) is 5.75. The van der Waals surface area contributed by atoms with Crippen molar-refractivity contribution >= 4 is 17.9 Å². The van der Waals surface area contributed by atoms with Gasteiger partial charge in [-0.25, -0.2) is 0 Å². The second-order valence-corrected chi connectivity index (χ2v) is 10.4. The number of carbonyl (C=O) groups is 1. The number of anilines is 1. The molecule has 7 nitrogen and oxygen atoms in total. The molecule has 0 radical (unpaired) electrons. The monoisotopic (exact) mass is 512 g/mol. The molecular formula is C31H40N6O. The van der Waals surface area contributed by atoms with Gasteiger partial charge in [0.15, 0.2) is 5.84 Å². The minimum atomic E-state index is -0.000667. The van der Waals surface area contributed by atoms with Crippen LogP contribution in [0.2, 0.25) is 0 Å². The van der Waals surface area contributed by atoms with Gasteiger partial charge in [0.2, 0.25) is 6.41 Å². The van der Waals surface area contributed by atoms with Crippen LogP contribution in [0, 0.1) is 0 Å². The van der Waals surface area contributed by atoms with Crippen molar-refractivity contribution < 1.29 is 4.79 Å². The van der Waals surface area contributed by atoms with E-state index in [1.807, 2.05) is 43.4 Å². The summed E-state index contributed by atoms with van der Waals surface area (Å²) in [5, 5.41) is 3.63. The average Bonchev–Trinajstić information content (AvgIpc) is 2.93. The lowest BCUT2D eigenvalue weighted by atomic mass is 9.85. The van der Waals surface area contributed by atoms with E-state index < -0.39 is 0 Å². The van der Waals surface area contributed by atoms with Crippen molar-refractivity contribution in [1.82, 2.24) is 9.88 Å². The minimum Gasteiger partial charge on any atom is -0.382 e. The van der Waals surface area contributed by atoms with Crippen LogP contribution in [0.5, 0.6) is 0 Å². The molecule has 3 rings (SSSR count). The Morgan fingerprint density at radius 1 is 1.05 bits per heavy atom. The number of para-hydroxylation sites is 1. The molecule has 3 aromatic rings. The van der Waals surface area contributed by atoms with Gasteiger partial charge in [-0.05, 0) is 41.5 Å². The molecule has 0 unspecified atom stereocenters. The van der Waals surface area contributed by atoms with Crippen molar-refractivity contribution in [3.8, 4) is 11.3 Å². The number of nitrogens with zero attached hydrogens (tertiary/aromatic N) is 4. The minimum absolute atomic E-state index is 0.000667. The molecule has 0 bridgehead atoms. The van der Waals surface area contributed by atoms with Crippen molar-refractivity contribution in [3.63, 3.8) is 0 Å². The molecule has 200 valence electrons. The molecule has 38 heavy (non-hydrogen) atoms. The Morgan fingerprint density at radius 2 is 1.76 bits per heavy atom. The number of benzene rings is 2. The smallest absolute Gasteiger partial charge is 0.214 e. The number of amidine groups is 1. The summed E-state index contributed by atoms with van der Waals surface area (Å²) in [7, 11) is 2.05. The summed E-state index contributed by atoms with van der Waals surface area (Å²) in [5.41, 5.74) is 12.6. The first kappa shape index (κ1) is 28.4. The number of hydrazone groups is 1. The molecule has 1 amide bonds. The molecule has 7 heteroatoms. The Labute approximate surface area is 226 Å². The van der Waals surface area contributed by atoms with Crippen LogP contribution in [0.1, 0.15) is 63.6 Å². The van der Waals surface area contributed by atoms with E-state index in [1.54, 1.807) is 11.1 Å². The molecule has 1 heterocycles. The Hall–Kier alpha value is -4.13. The molecular weight excluding hydrogens is 472 g/mol. The summed E-state index contributed by atoms with van der Waals surface area (Å²) in [5.74, 6) is 5.66. The second-order valence-electron chi connectivity index (χ2n) is 10.4. The SMILES string of the molecule is CCCC/C(=C/N(C)c1ccccc1C(C)(C)C)N(C=O)Cc1ccc(-c2ccccc2/C(N)=N/N)nc1. The van der Waals surface area contributed by atoms with E-state index in [0.717, 1.165) is 59.4 Å². The number of hydrogen-bond donors (Lipinski definition) is 2.